The van der Waals surface area contributed by atoms with Crippen molar-refractivity contribution >= 4 is 11.8 Å². The van der Waals surface area contributed by atoms with Gasteiger partial charge in [0.25, 0.3) is 0 Å². The van der Waals surface area contributed by atoms with E-state index in [0.29, 0.717) is 18.1 Å². The molecule has 0 bridgehead atoms. The quantitative estimate of drug-likeness (QED) is 0.621. The molecule has 0 radical (unpaired) electrons. The minimum Gasteiger partial charge on any atom is -0.493 e. The topological polar surface area (TPSA) is 38.7 Å². The van der Waals surface area contributed by atoms with Crippen LogP contribution in [0.15, 0.2) is 53.4 Å². The number of thioether (sulfide) groups is 1. The molecule has 1 atom stereocenters. The number of aliphatic hydroxyl groups excluding tert-OH is 1. The van der Waals surface area contributed by atoms with E-state index in [-0.39, 0.29) is 0 Å². The molecule has 0 heterocycles. The van der Waals surface area contributed by atoms with E-state index in [2.05, 4.69) is 12.1 Å². The zero-order valence-electron chi connectivity index (χ0n) is 12.3. The third-order valence-corrected chi connectivity index (χ3v) is 4.00. The van der Waals surface area contributed by atoms with Crippen molar-refractivity contribution in [3.05, 3.63) is 54.1 Å². The number of hydrogen-bond acceptors (Lipinski definition) is 4. The molecule has 1 N–H and O–H groups in total. The molecule has 0 fully saturated rings. The van der Waals surface area contributed by atoms with Crippen LogP contribution in [-0.2, 0) is 0 Å². The minimum atomic E-state index is -0.512. The van der Waals surface area contributed by atoms with Gasteiger partial charge < -0.3 is 14.6 Å². The zero-order valence-corrected chi connectivity index (χ0v) is 13.1. The molecule has 112 valence electrons. The van der Waals surface area contributed by atoms with E-state index in [1.54, 1.807) is 25.8 Å². The van der Waals surface area contributed by atoms with Gasteiger partial charge in [-0.2, -0.15) is 0 Å². The molecular formula is C17H20O3S. The van der Waals surface area contributed by atoms with E-state index in [4.69, 9.17) is 9.47 Å². The van der Waals surface area contributed by atoms with Crippen LogP contribution >= 0.6 is 11.8 Å². The van der Waals surface area contributed by atoms with Crippen molar-refractivity contribution in [1.82, 2.24) is 0 Å². The molecule has 0 amide bonds. The monoisotopic (exact) mass is 304 g/mol. The molecule has 0 saturated carbocycles. The Morgan fingerprint density at radius 3 is 2.52 bits per heavy atom. The molecule has 0 aliphatic heterocycles. The second kappa shape index (κ2) is 7.96. The Hall–Kier alpha value is -1.65. The van der Waals surface area contributed by atoms with E-state index < -0.39 is 6.10 Å². The average Bonchev–Trinajstić information content (AvgIpc) is 2.52. The van der Waals surface area contributed by atoms with Crippen LogP contribution < -0.4 is 9.47 Å². The van der Waals surface area contributed by atoms with Gasteiger partial charge in [-0.3, -0.25) is 0 Å². The van der Waals surface area contributed by atoms with Gasteiger partial charge in [-0.05, 0) is 36.8 Å². The number of rotatable bonds is 7. The number of hydrogen-bond donors (Lipinski definition) is 1. The summed E-state index contributed by atoms with van der Waals surface area (Å²) in [5.41, 5.74) is 0.817. The van der Waals surface area contributed by atoms with Gasteiger partial charge in [0, 0.05) is 10.6 Å². The van der Waals surface area contributed by atoms with E-state index in [1.807, 2.05) is 36.4 Å². The molecule has 2 aromatic rings. The second-order valence-electron chi connectivity index (χ2n) is 4.60. The summed E-state index contributed by atoms with van der Waals surface area (Å²) in [6.45, 7) is 2.33. The molecule has 0 aromatic heterocycles. The van der Waals surface area contributed by atoms with Crippen LogP contribution in [-0.4, -0.2) is 24.6 Å². The number of methoxy groups -OCH3 is 1. The van der Waals surface area contributed by atoms with Crippen LogP contribution in [0.3, 0.4) is 0 Å². The summed E-state index contributed by atoms with van der Waals surface area (Å²) in [5, 5.41) is 9.58. The van der Waals surface area contributed by atoms with Crippen LogP contribution in [0, 0.1) is 0 Å². The van der Waals surface area contributed by atoms with Crippen molar-refractivity contribution in [3.8, 4) is 11.5 Å². The van der Waals surface area contributed by atoms with Gasteiger partial charge in [-0.15, -0.1) is 11.8 Å². The van der Waals surface area contributed by atoms with Crippen molar-refractivity contribution in [2.75, 3.05) is 19.5 Å². The van der Waals surface area contributed by atoms with Crippen LogP contribution in [0.4, 0.5) is 0 Å². The smallest absolute Gasteiger partial charge is 0.161 e. The van der Waals surface area contributed by atoms with Crippen molar-refractivity contribution in [2.24, 2.45) is 0 Å². The summed E-state index contributed by atoms with van der Waals surface area (Å²) in [6, 6.07) is 15.7. The lowest BCUT2D eigenvalue weighted by molar-refractivity contribution is 0.198. The summed E-state index contributed by atoms with van der Waals surface area (Å²) in [7, 11) is 1.60. The largest absolute Gasteiger partial charge is 0.493 e. The lowest BCUT2D eigenvalue weighted by Gasteiger charge is -2.13. The first-order chi connectivity index (χ1) is 10.2. The minimum absolute atomic E-state index is 0.512. The van der Waals surface area contributed by atoms with Gasteiger partial charge in [-0.25, -0.2) is 0 Å². The molecule has 3 nitrogen and oxygen atoms in total. The predicted molar refractivity (Wildman–Crippen MR) is 86.3 cm³/mol. The van der Waals surface area contributed by atoms with Crippen molar-refractivity contribution in [2.45, 2.75) is 17.9 Å². The van der Waals surface area contributed by atoms with Crippen molar-refractivity contribution in [3.63, 3.8) is 0 Å². The molecule has 2 aromatic carbocycles. The standard InChI is InChI=1S/C17H20O3S/c1-13(18)14-8-9-16(17(12-14)19-2)20-10-11-21-15-6-4-3-5-7-15/h3-9,12-13,18H,10-11H2,1-2H3/t13-/m0/s1. The third kappa shape index (κ3) is 4.69. The van der Waals surface area contributed by atoms with Crippen molar-refractivity contribution in [1.29, 1.82) is 0 Å². The summed E-state index contributed by atoms with van der Waals surface area (Å²) in [4.78, 5) is 1.23. The molecule has 0 unspecified atom stereocenters. The first-order valence-electron chi connectivity index (χ1n) is 6.87. The highest BCUT2D eigenvalue weighted by atomic mass is 32.2. The van der Waals surface area contributed by atoms with Gasteiger partial charge in [-0.1, -0.05) is 24.3 Å². The van der Waals surface area contributed by atoms with Gasteiger partial charge >= 0.3 is 0 Å². The summed E-state index contributed by atoms with van der Waals surface area (Å²) in [5.74, 6) is 2.22. The van der Waals surface area contributed by atoms with Crippen LogP contribution in [0.25, 0.3) is 0 Å². The van der Waals surface area contributed by atoms with Gasteiger partial charge in [0.15, 0.2) is 11.5 Å². The van der Waals surface area contributed by atoms with Crippen LogP contribution in [0.1, 0.15) is 18.6 Å². The second-order valence-corrected chi connectivity index (χ2v) is 5.76. The van der Waals surface area contributed by atoms with Gasteiger partial charge in [0.1, 0.15) is 0 Å². The van der Waals surface area contributed by atoms with Crippen molar-refractivity contribution < 1.29 is 14.6 Å². The summed E-state index contributed by atoms with van der Waals surface area (Å²) in [6.07, 6.45) is -0.512. The van der Waals surface area contributed by atoms with Gasteiger partial charge in [0.05, 0.1) is 19.8 Å². The number of aliphatic hydroxyl groups is 1. The zero-order chi connectivity index (χ0) is 15.1. The van der Waals surface area contributed by atoms with Gasteiger partial charge in [0.2, 0.25) is 0 Å². The predicted octanol–water partition coefficient (Wildman–Crippen LogP) is 3.92. The maximum Gasteiger partial charge on any atom is 0.161 e. The molecule has 0 aliphatic rings. The molecule has 4 heteroatoms. The molecular weight excluding hydrogens is 284 g/mol. The lowest BCUT2D eigenvalue weighted by Crippen LogP contribution is -2.02. The summed E-state index contributed by atoms with van der Waals surface area (Å²) < 4.78 is 11.1. The summed E-state index contributed by atoms with van der Waals surface area (Å²) >= 11 is 1.76. The molecule has 21 heavy (non-hydrogen) atoms. The molecule has 0 spiro atoms. The Morgan fingerprint density at radius 1 is 1.10 bits per heavy atom. The van der Waals surface area contributed by atoms with E-state index in [0.717, 1.165) is 11.3 Å². The highest BCUT2D eigenvalue weighted by Crippen LogP contribution is 2.30. The van der Waals surface area contributed by atoms with Crippen LogP contribution in [0.2, 0.25) is 0 Å². The van der Waals surface area contributed by atoms with E-state index in [9.17, 15) is 5.11 Å². The number of benzene rings is 2. The van der Waals surface area contributed by atoms with E-state index >= 15 is 0 Å². The highest BCUT2D eigenvalue weighted by Gasteiger charge is 2.08. The maximum atomic E-state index is 9.58. The third-order valence-electron chi connectivity index (χ3n) is 3.02. The van der Waals surface area contributed by atoms with E-state index in [1.165, 1.54) is 4.90 Å². The normalized spacial score (nSPS) is 12.0. The Bertz CT molecular complexity index is 555. The molecule has 0 saturated heterocycles. The molecule has 0 aliphatic carbocycles. The van der Waals surface area contributed by atoms with Crippen LogP contribution in [0.5, 0.6) is 11.5 Å². The Labute approximate surface area is 129 Å². The highest BCUT2D eigenvalue weighted by molar-refractivity contribution is 7.99. The fourth-order valence-corrected chi connectivity index (χ4v) is 2.64. The SMILES string of the molecule is COc1cc([C@H](C)O)ccc1OCCSc1ccccc1. The fourth-order valence-electron chi connectivity index (χ4n) is 1.89. The average molecular weight is 304 g/mol. The first kappa shape index (κ1) is 15.7. The fraction of sp³-hybridized carbons (Fsp3) is 0.294. The Morgan fingerprint density at radius 2 is 1.86 bits per heavy atom. The molecule has 2 rings (SSSR count). The Balaban J connectivity index is 1.88. The first-order valence-corrected chi connectivity index (χ1v) is 7.86. The lowest BCUT2D eigenvalue weighted by atomic mass is 10.1. The maximum absolute atomic E-state index is 9.58. The Kier molecular flexibility index (Phi) is 5.96. The number of ether oxygens (including phenoxy) is 2.